The maximum Gasteiger partial charge on any atom is 0.354 e. The third kappa shape index (κ3) is 3.21. The fourth-order valence-corrected chi connectivity index (χ4v) is 3.61. The Balaban J connectivity index is 2.46. The lowest BCUT2D eigenvalue weighted by Crippen LogP contribution is -2.14. The predicted molar refractivity (Wildman–Crippen MR) is 83.4 cm³/mol. The smallest absolute Gasteiger partial charge is 0.354 e. The Hall–Kier alpha value is -2.35. The normalized spacial score (nSPS) is 11.3. The van der Waals surface area contributed by atoms with Crippen LogP contribution in [0.15, 0.2) is 29.2 Å². The number of aryl methyl sites for hydroxylation is 1. The van der Waals surface area contributed by atoms with Crippen LogP contribution in [0, 0.1) is 19.7 Å². The molecule has 1 heterocycles. The Morgan fingerprint density at radius 2 is 1.91 bits per heavy atom. The van der Waals surface area contributed by atoms with E-state index in [1.54, 1.807) is 20.9 Å². The number of methoxy groups -OCH3 is 1. The third-order valence-electron chi connectivity index (χ3n) is 3.61. The number of carbonyl (C=O) groups excluding carboxylic acids is 1. The number of hydrogen-bond acceptors (Lipinski definition) is 4. The first-order valence-corrected chi connectivity index (χ1v) is 8.19. The fraction of sp³-hybridized carbons (Fsp3) is 0.267. The van der Waals surface area contributed by atoms with Crippen LogP contribution in [0.3, 0.4) is 0 Å². The molecule has 2 rings (SSSR count). The number of carbonyl (C=O) groups is 1. The van der Waals surface area contributed by atoms with Gasteiger partial charge in [0, 0.05) is 12.7 Å². The quantitative estimate of drug-likeness (QED) is 0.867. The molecule has 8 heteroatoms. The van der Waals surface area contributed by atoms with Crippen molar-refractivity contribution >= 4 is 21.7 Å². The lowest BCUT2D eigenvalue weighted by atomic mass is 10.2. The van der Waals surface area contributed by atoms with Crippen LogP contribution in [0.2, 0.25) is 0 Å². The topological polar surface area (TPSA) is 77.4 Å². The summed E-state index contributed by atoms with van der Waals surface area (Å²) in [5.41, 5.74) is 1.24. The van der Waals surface area contributed by atoms with Crippen molar-refractivity contribution in [1.82, 2.24) is 4.57 Å². The number of rotatable bonds is 4. The molecular formula is C15H17FN2O4S. The van der Waals surface area contributed by atoms with Gasteiger partial charge < -0.3 is 9.30 Å². The summed E-state index contributed by atoms with van der Waals surface area (Å²) in [6, 6.07) is 5.00. The van der Waals surface area contributed by atoms with E-state index in [-0.39, 0.29) is 16.3 Å². The van der Waals surface area contributed by atoms with Crippen molar-refractivity contribution in [3.63, 3.8) is 0 Å². The molecule has 0 saturated carbocycles. The average Bonchev–Trinajstić information content (AvgIpc) is 2.78. The molecule has 1 aromatic carbocycles. The van der Waals surface area contributed by atoms with E-state index >= 15 is 0 Å². The van der Waals surface area contributed by atoms with Crippen molar-refractivity contribution in [3.8, 4) is 0 Å². The second-order valence-corrected chi connectivity index (χ2v) is 6.75. The lowest BCUT2D eigenvalue weighted by molar-refractivity contribution is 0.0589. The SMILES string of the molecule is COC(=O)c1cc(S(=O)(=O)Nc2ccc(F)cc2C)c(C)n1C. The molecule has 0 spiro atoms. The van der Waals surface area contributed by atoms with Crippen LogP contribution in [-0.2, 0) is 21.8 Å². The number of sulfonamides is 1. The van der Waals surface area contributed by atoms with Crippen LogP contribution in [0.4, 0.5) is 10.1 Å². The number of aromatic nitrogens is 1. The minimum absolute atomic E-state index is 0.0378. The predicted octanol–water partition coefficient (Wildman–Crippen LogP) is 2.37. The number of nitrogens with one attached hydrogen (secondary N) is 1. The van der Waals surface area contributed by atoms with Gasteiger partial charge >= 0.3 is 5.97 Å². The van der Waals surface area contributed by atoms with E-state index in [1.807, 2.05) is 0 Å². The molecule has 0 atom stereocenters. The number of esters is 1. The standard InChI is InChI=1S/C15H17FN2O4S/c1-9-7-11(16)5-6-12(9)17-23(20,21)14-8-13(15(19)22-4)18(3)10(14)2/h5-8,17H,1-4H3. The van der Waals surface area contributed by atoms with E-state index in [0.717, 1.165) is 0 Å². The molecule has 0 bridgehead atoms. The molecule has 0 aliphatic heterocycles. The second-order valence-electron chi connectivity index (χ2n) is 5.09. The van der Waals surface area contributed by atoms with E-state index < -0.39 is 21.8 Å². The van der Waals surface area contributed by atoms with E-state index in [0.29, 0.717) is 11.3 Å². The molecule has 0 amide bonds. The van der Waals surface area contributed by atoms with E-state index in [2.05, 4.69) is 9.46 Å². The summed E-state index contributed by atoms with van der Waals surface area (Å²) < 4.78 is 46.7. The molecule has 1 N–H and O–H groups in total. The monoisotopic (exact) mass is 340 g/mol. The molecule has 0 aliphatic rings. The average molecular weight is 340 g/mol. The lowest BCUT2D eigenvalue weighted by Gasteiger charge is -2.10. The number of anilines is 1. The molecule has 6 nitrogen and oxygen atoms in total. The number of benzene rings is 1. The van der Waals surface area contributed by atoms with Gasteiger partial charge in [0.25, 0.3) is 10.0 Å². The minimum Gasteiger partial charge on any atom is -0.464 e. The Kier molecular flexibility index (Phi) is 4.46. The molecule has 1 aromatic heterocycles. The maximum absolute atomic E-state index is 13.1. The van der Waals surface area contributed by atoms with Gasteiger partial charge in [-0.15, -0.1) is 0 Å². The van der Waals surface area contributed by atoms with Gasteiger partial charge in [-0.2, -0.15) is 0 Å². The van der Waals surface area contributed by atoms with Crippen molar-refractivity contribution in [3.05, 3.63) is 47.0 Å². The largest absolute Gasteiger partial charge is 0.464 e. The minimum atomic E-state index is -3.92. The van der Waals surface area contributed by atoms with Crippen LogP contribution in [0.5, 0.6) is 0 Å². The first-order chi connectivity index (χ1) is 10.7. The summed E-state index contributed by atoms with van der Waals surface area (Å²) in [7, 11) is -1.13. The molecule has 23 heavy (non-hydrogen) atoms. The van der Waals surface area contributed by atoms with E-state index in [9.17, 15) is 17.6 Å². The van der Waals surface area contributed by atoms with Gasteiger partial charge in [-0.25, -0.2) is 17.6 Å². The third-order valence-corrected chi connectivity index (χ3v) is 5.09. The van der Waals surface area contributed by atoms with Gasteiger partial charge in [0.05, 0.1) is 12.8 Å². The second kappa shape index (κ2) is 6.04. The maximum atomic E-state index is 13.1. The summed E-state index contributed by atoms with van der Waals surface area (Å²) >= 11 is 0. The van der Waals surface area contributed by atoms with Gasteiger partial charge in [0.2, 0.25) is 0 Å². The zero-order chi connectivity index (χ0) is 17.4. The Bertz CT molecular complexity index is 872. The molecule has 2 aromatic rings. The van der Waals surface area contributed by atoms with Crippen molar-refractivity contribution in [2.24, 2.45) is 7.05 Å². The molecule has 0 saturated heterocycles. The number of nitrogens with zero attached hydrogens (tertiary/aromatic N) is 1. The zero-order valence-corrected chi connectivity index (χ0v) is 14.0. The molecular weight excluding hydrogens is 323 g/mol. The van der Waals surface area contributed by atoms with Gasteiger partial charge in [0.15, 0.2) is 0 Å². The Labute approximate surface area is 133 Å². The van der Waals surface area contributed by atoms with Gasteiger partial charge in [-0.05, 0) is 43.7 Å². The van der Waals surface area contributed by atoms with Crippen LogP contribution < -0.4 is 4.72 Å². The Morgan fingerprint density at radius 1 is 1.26 bits per heavy atom. The van der Waals surface area contributed by atoms with Gasteiger partial charge in [0.1, 0.15) is 16.4 Å². The molecule has 0 radical (unpaired) electrons. The highest BCUT2D eigenvalue weighted by atomic mass is 32.2. The van der Waals surface area contributed by atoms with E-state index in [1.165, 1.54) is 35.9 Å². The fourth-order valence-electron chi connectivity index (χ4n) is 2.19. The van der Waals surface area contributed by atoms with Crippen molar-refractivity contribution in [2.75, 3.05) is 11.8 Å². The van der Waals surface area contributed by atoms with Crippen LogP contribution >= 0.6 is 0 Å². The molecule has 0 unspecified atom stereocenters. The number of ether oxygens (including phenoxy) is 1. The van der Waals surface area contributed by atoms with E-state index in [4.69, 9.17) is 0 Å². The summed E-state index contributed by atoms with van der Waals surface area (Å²) in [4.78, 5) is 11.6. The first kappa shape index (κ1) is 17.0. The van der Waals surface area contributed by atoms with Crippen molar-refractivity contribution in [2.45, 2.75) is 18.7 Å². The summed E-state index contributed by atoms with van der Waals surface area (Å²) in [5, 5.41) is 0. The highest BCUT2D eigenvalue weighted by Gasteiger charge is 2.25. The zero-order valence-electron chi connectivity index (χ0n) is 13.2. The first-order valence-electron chi connectivity index (χ1n) is 6.71. The number of halogens is 1. The number of hydrogen-bond donors (Lipinski definition) is 1. The van der Waals surface area contributed by atoms with Gasteiger partial charge in [-0.1, -0.05) is 0 Å². The molecule has 124 valence electrons. The highest BCUT2D eigenvalue weighted by molar-refractivity contribution is 7.92. The highest BCUT2D eigenvalue weighted by Crippen LogP contribution is 2.24. The van der Waals surface area contributed by atoms with Gasteiger partial charge in [-0.3, -0.25) is 4.72 Å². The van der Waals surface area contributed by atoms with Crippen LogP contribution in [-0.4, -0.2) is 26.1 Å². The Morgan fingerprint density at radius 3 is 2.48 bits per heavy atom. The molecule has 0 fully saturated rings. The summed E-state index contributed by atoms with van der Waals surface area (Å²) in [6.07, 6.45) is 0. The summed E-state index contributed by atoms with van der Waals surface area (Å²) in [6.45, 7) is 3.18. The van der Waals surface area contributed by atoms with Crippen molar-refractivity contribution in [1.29, 1.82) is 0 Å². The van der Waals surface area contributed by atoms with Crippen LogP contribution in [0.1, 0.15) is 21.7 Å². The molecule has 0 aliphatic carbocycles. The van der Waals surface area contributed by atoms with Crippen LogP contribution in [0.25, 0.3) is 0 Å². The van der Waals surface area contributed by atoms with Crippen molar-refractivity contribution < 1.29 is 22.3 Å². The summed E-state index contributed by atoms with van der Waals surface area (Å²) in [5.74, 6) is -1.08.